The Balaban J connectivity index is 1.63. The number of nitrogens with one attached hydrogen (secondary N) is 1. The van der Waals surface area contributed by atoms with Gasteiger partial charge in [-0.1, -0.05) is 66.7 Å². The third-order valence-corrected chi connectivity index (χ3v) is 5.83. The van der Waals surface area contributed by atoms with Gasteiger partial charge < -0.3 is 14.6 Å². The molecule has 33 heavy (non-hydrogen) atoms. The maximum absolute atomic E-state index is 14.0. The van der Waals surface area contributed by atoms with Crippen LogP contribution in [0.1, 0.15) is 46.2 Å². The van der Waals surface area contributed by atoms with Gasteiger partial charge in [-0.3, -0.25) is 9.59 Å². The summed E-state index contributed by atoms with van der Waals surface area (Å²) in [5, 5.41) is 3.52. The van der Waals surface area contributed by atoms with Crippen molar-refractivity contribution in [3.05, 3.63) is 114 Å². The molecule has 5 rings (SSSR count). The molecule has 0 radical (unpaired) electrons. The topological polar surface area (TPSA) is 73.2 Å². The highest BCUT2D eigenvalue weighted by atomic mass is 16.5. The molecule has 0 spiro atoms. The van der Waals surface area contributed by atoms with Crippen molar-refractivity contribution in [1.82, 2.24) is 9.55 Å². The van der Waals surface area contributed by atoms with Crippen molar-refractivity contribution >= 4 is 17.4 Å². The van der Waals surface area contributed by atoms with Crippen LogP contribution in [0.3, 0.4) is 0 Å². The van der Waals surface area contributed by atoms with Gasteiger partial charge in [0.05, 0.1) is 11.6 Å². The molecule has 1 aliphatic rings. The predicted molar refractivity (Wildman–Crippen MR) is 125 cm³/mol. The average molecular weight is 437 g/mol. The van der Waals surface area contributed by atoms with E-state index in [1.807, 2.05) is 77.5 Å². The monoisotopic (exact) mass is 437 g/mol. The Kier molecular flexibility index (Phi) is 5.48. The molecule has 1 aliphatic heterocycles. The van der Waals surface area contributed by atoms with Gasteiger partial charge in [0.1, 0.15) is 17.5 Å². The Morgan fingerprint density at radius 3 is 2.45 bits per heavy atom. The number of anilines is 1. The van der Waals surface area contributed by atoms with E-state index in [2.05, 4.69) is 10.3 Å². The normalized spacial score (nSPS) is 17.2. The lowest BCUT2D eigenvalue weighted by molar-refractivity contribution is -0.131. The van der Waals surface area contributed by atoms with Crippen molar-refractivity contribution in [2.75, 3.05) is 5.32 Å². The lowest BCUT2D eigenvalue weighted by Crippen LogP contribution is -2.34. The zero-order valence-corrected chi connectivity index (χ0v) is 18.1. The van der Waals surface area contributed by atoms with Gasteiger partial charge in [0, 0.05) is 31.5 Å². The molecule has 2 unspecified atom stereocenters. The van der Waals surface area contributed by atoms with Gasteiger partial charge in [-0.05, 0) is 23.3 Å². The van der Waals surface area contributed by atoms with E-state index in [4.69, 9.17) is 4.74 Å². The molecule has 2 heterocycles. The molecule has 0 saturated carbocycles. The average Bonchev–Trinajstić information content (AvgIpc) is 3.27. The van der Waals surface area contributed by atoms with E-state index >= 15 is 0 Å². The van der Waals surface area contributed by atoms with Crippen molar-refractivity contribution in [2.24, 2.45) is 0 Å². The quantitative estimate of drug-likeness (QED) is 0.352. The zero-order valence-electron chi connectivity index (χ0n) is 18.1. The standard InChI is InChI=1S/C27H23N3O3/c1-18(31)33-22-14-8-13-21-23(22)26(32)24(25(29-21)20-11-6-3-7-12-20)27-28-15-16-30(27)17-19-9-4-2-5-10-19/h2-16,24-25,29H,17H2,1H3. The number of nitrogens with zero attached hydrogens (tertiary/aromatic N) is 2. The molecular weight excluding hydrogens is 414 g/mol. The van der Waals surface area contributed by atoms with E-state index in [1.54, 1.807) is 18.3 Å². The SMILES string of the molecule is CC(=O)Oc1cccc2c1C(=O)C(c1nccn1Cc1ccccc1)C(c1ccccc1)N2. The van der Waals surface area contributed by atoms with Gasteiger partial charge in [0.25, 0.3) is 0 Å². The molecule has 2 atom stereocenters. The largest absolute Gasteiger partial charge is 0.426 e. The second-order valence-corrected chi connectivity index (χ2v) is 8.05. The number of ether oxygens (including phenoxy) is 1. The first-order valence-corrected chi connectivity index (χ1v) is 10.8. The number of imidazole rings is 1. The Bertz CT molecular complexity index is 1300. The maximum Gasteiger partial charge on any atom is 0.308 e. The second-order valence-electron chi connectivity index (χ2n) is 8.05. The molecular formula is C27H23N3O3. The summed E-state index contributed by atoms with van der Waals surface area (Å²) in [5.41, 5.74) is 3.11. The van der Waals surface area contributed by atoms with Gasteiger partial charge in [-0.15, -0.1) is 0 Å². The first kappa shape index (κ1) is 20.7. The third kappa shape index (κ3) is 4.03. The van der Waals surface area contributed by atoms with Crippen LogP contribution in [-0.4, -0.2) is 21.3 Å². The number of hydrogen-bond donors (Lipinski definition) is 1. The van der Waals surface area contributed by atoms with E-state index in [1.165, 1.54) is 6.92 Å². The van der Waals surface area contributed by atoms with Crippen molar-refractivity contribution in [2.45, 2.75) is 25.4 Å². The summed E-state index contributed by atoms with van der Waals surface area (Å²) >= 11 is 0. The van der Waals surface area contributed by atoms with Crippen LogP contribution >= 0.6 is 0 Å². The molecule has 0 amide bonds. The van der Waals surface area contributed by atoms with Crippen molar-refractivity contribution < 1.29 is 14.3 Å². The smallest absolute Gasteiger partial charge is 0.308 e. The molecule has 0 fully saturated rings. The summed E-state index contributed by atoms with van der Waals surface area (Å²) < 4.78 is 7.40. The minimum atomic E-state index is -0.602. The van der Waals surface area contributed by atoms with Gasteiger partial charge in [-0.2, -0.15) is 0 Å². The number of hydrogen-bond acceptors (Lipinski definition) is 5. The first-order valence-electron chi connectivity index (χ1n) is 10.8. The van der Waals surface area contributed by atoms with E-state index < -0.39 is 11.9 Å². The highest BCUT2D eigenvalue weighted by molar-refractivity contribution is 6.10. The van der Waals surface area contributed by atoms with E-state index in [9.17, 15) is 9.59 Å². The minimum Gasteiger partial charge on any atom is -0.426 e. The molecule has 0 saturated heterocycles. The van der Waals surface area contributed by atoms with Gasteiger partial charge in [0.2, 0.25) is 0 Å². The number of ketones is 1. The number of carbonyl (C=O) groups is 2. The summed E-state index contributed by atoms with van der Waals surface area (Å²) in [7, 11) is 0. The molecule has 4 aromatic rings. The Hall–Kier alpha value is -4.19. The molecule has 0 bridgehead atoms. The van der Waals surface area contributed by atoms with Crippen LogP contribution < -0.4 is 10.1 Å². The van der Waals surface area contributed by atoms with Crippen molar-refractivity contribution in [3.63, 3.8) is 0 Å². The maximum atomic E-state index is 14.0. The molecule has 3 aromatic carbocycles. The fraction of sp³-hybridized carbons (Fsp3) is 0.148. The molecule has 164 valence electrons. The Morgan fingerprint density at radius 2 is 1.73 bits per heavy atom. The summed E-state index contributed by atoms with van der Waals surface area (Å²) in [6.45, 7) is 1.93. The number of rotatable bonds is 5. The van der Waals surface area contributed by atoms with Crippen LogP contribution in [0.5, 0.6) is 5.75 Å². The van der Waals surface area contributed by atoms with Gasteiger partial charge in [0.15, 0.2) is 5.78 Å². The summed E-state index contributed by atoms with van der Waals surface area (Å²) in [6, 6.07) is 24.9. The number of esters is 1. The third-order valence-electron chi connectivity index (χ3n) is 5.83. The number of fused-ring (bicyclic) bond motifs is 1. The molecule has 1 N–H and O–H groups in total. The van der Waals surface area contributed by atoms with Crippen LogP contribution in [-0.2, 0) is 11.3 Å². The van der Waals surface area contributed by atoms with E-state index in [-0.39, 0.29) is 17.6 Å². The van der Waals surface area contributed by atoms with E-state index in [0.29, 0.717) is 23.6 Å². The van der Waals surface area contributed by atoms with Crippen molar-refractivity contribution in [1.29, 1.82) is 0 Å². The van der Waals surface area contributed by atoms with Gasteiger partial charge in [-0.25, -0.2) is 4.98 Å². The molecule has 6 nitrogen and oxygen atoms in total. The van der Waals surface area contributed by atoms with Crippen LogP contribution in [0.4, 0.5) is 5.69 Å². The highest BCUT2D eigenvalue weighted by Crippen LogP contribution is 2.44. The molecule has 0 aliphatic carbocycles. The fourth-order valence-corrected chi connectivity index (χ4v) is 4.42. The lowest BCUT2D eigenvalue weighted by Gasteiger charge is -2.34. The predicted octanol–water partition coefficient (Wildman–Crippen LogP) is 4.99. The first-order chi connectivity index (χ1) is 16.1. The van der Waals surface area contributed by atoms with Crippen LogP contribution in [0.2, 0.25) is 0 Å². The van der Waals surface area contributed by atoms with Crippen molar-refractivity contribution in [3.8, 4) is 5.75 Å². The second kappa shape index (κ2) is 8.74. The van der Waals surface area contributed by atoms with Crippen LogP contribution in [0, 0.1) is 0 Å². The molecule has 6 heteroatoms. The number of Topliss-reactive ketones (excluding diaryl/α,β-unsaturated/α-hetero) is 1. The van der Waals surface area contributed by atoms with Crippen LogP contribution in [0.15, 0.2) is 91.3 Å². The number of carbonyl (C=O) groups excluding carboxylic acids is 2. The highest BCUT2D eigenvalue weighted by Gasteiger charge is 2.41. The summed E-state index contributed by atoms with van der Waals surface area (Å²) in [5.74, 6) is -0.280. The Labute approximate surface area is 191 Å². The van der Waals surface area contributed by atoms with Gasteiger partial charge >= 0.3 is 5.97 Å². The minimum absolute atomic E-state index is 0.130. The zero-order chi connectivity index (χ0) is 22.8. The summed E-state index contributed by atoms with van der Waals surface area (Å²) in [6.07, 6.45) is 3.62. The fourth-order valence-electron chi connectivity index (χ4n) is 4.42. The lowest BCUT2D eigenvalue weighted by atomic mass is 9.81. The Morgan fingerprint density at radius 1 is 1.00 bits per heavy atom. The molecule has 1 aromatic heterocycles. The van der Waals surface area contributed by atoms with Crippen LogP contribution in [0.25, 0.3) is 0 Å². The number of aromatic nitrogens is 2. The number of benzene rings is 3. The van der Waals surface area contributed by atoms with E-state index in [0.717, 1.165) is 11.1 Å². The summed E-state index contributed by atoms with van der Waals surface area (Å²) in [4.78, 5) is 30.3.